The van der Waals surface area contributed by atoms with E-state index in [2.05, 4.69) is 10.3 Å². The molecule has 5 nitrogen and oxygen atoms in total. The number of benzene rings is 2. The number of aliphatic hydroxyl groups excluding tert-OH is 1. The Morgan fingerprint density at radius 2 is 1.89 bits per heavy atom. The summed E-state index contributed by atoms with van der Waals surface area (Å²) >= 11 is 0. The molecule has 148 valence electrons. The molecule has 1 heterocycles. The van der Waals surface area contributed by atoms with Gasteiger partial charge in [-0.15, -0.1) is 0 Å². The second-order valence-electron chi connectivity index (χ2n) is 6.41. The van der Waals surface area contributed by atoms with Crippen molar-refractivity contribution in [1.82, 2.24) is 10.3 Å². The van der Waals surface area contributed by atoms with Crippen LogP contribution in [0.25, 0.3) is 22.2 Å². The molecule has 1 amide bonds. The van der Waals surface area contributed by atoms with E-state index in [1.54, 1.807) is 6.92 Å². The van der Waals surface area contributed by atoms with Crippen LogP contribution >= 0.6 is 0 Å². The number of aliphatic hydroxyl groups is 1. The second-order valence-corrected chi connectivity index (χ2v) is 6.41. The van der Waals surface area contributed by atoms with Gasteiger partial charge in [0.1, 0.15) is 17.5 Å². The lowest BCUT2D eigenvalue weighted by molar-refractivity contribution is 0.138. The monoisotopic (exact) mass is 392 g/mol. The van der Waals surface area contributed by atoms with Crippen LogP contribution in [0.5, 0.6) is 0 Å². The van der Waals surface area contributed by atoms with E-state index < -0.39 is 29.6 Å². The molecule has 3 aromatic rings. The maximum absolute atomic E-state index is 14.2. The standard InChI is InChI=1S/C20H19F3N2O3/c1-11(10-26)24-20(27)28-7-6-15-16-8-14(22)9-17(23)19(16)25-18(15)12-2-4-13(21)5-3-12/h2-5,8-9,11,25-26H,6-7,10H2,1H3,(H,24,27)/t11-/m0/s1. The van der Waals surface area contributed by atoms with Gasteiger partial charge in [0.2, 0.25) is 0 Å². The van der Waals surface area contributed by atoms with Crippen molar-refractivity contribution in [3.63, 3.8) is 0 Å². The minimum Gasteiger partial charge on any atom is -0.449 e. The fourth-order valence-electron chi connectivity index (χ4n) is 2.93. The highest BCUT2D eigenvalue weighted by Gasteiger charge is 2.18. The van der Waals surface area contributed by atoms with Crippen LogP contribution in [-0.2, 0) is 11.2 Å². The highest BCUT2D eigenvalue weighted by molar-refractivity contribution is 5.91. The van der Waals surface area contributed by atoms with Gasteiger partial charge in [0.15, 0.2) is 0 Å². The van der Waals surface area contributed by atoms with Crippen molar-refractivity contribution in [3.05, 3.63) is 59.4 Å². The fraction of sp³-hybridized carbons (Fsp3) is 0.250. The summed E-state index contributed by atoms with van der Waals surface area (Å²) in [6.45, 7) is 1.33. The summed E-state index contributed by atoms with van der Waals surface area (Å²) in [5, 5.41) is 11.7. The van der Waals surface area contributed by atoms with Gasteiger partial charge in [0.25, 0.3) is 0 Å². The summed E-state index contributed by atoms with van der Waals surface area (Å²) in [6.07, 6.45) is -0.529. The van der Waals surface area contributed by atoms with Crippen molar-refractivity contribution in [2.24, 2.45) is 0 Å². The molecule has 0 aliphatic rings. The summed E-state index contributed by atoms with van der Waals surface area (Å²) in [5.41, 5.74) is 1.75. The molecule has 0 aliphatic carbocycles. The van der Waals surface area contributed by atoms with Gasteiger partial charge in [-0.1, -0.05) is 0 Å². The fourth-order valence-corrected chi connectivity index (χ4v) is 2.93. The predicted octanol–water partition coefficient (Wildman–Crippen LogP) is 3.90. The molecule has 3 N–H and O–H groups in total. The average molecular weight is 392 g/mol. The first-order valence-corrected chi connectivity index (χ1v) is 8.68. The maximum Gasteiger partial charge on any atom is 0.407 e. The van der Waals surface area contributed by atoms with Gasteiger partial charge in [-0.2, -0.15) is 0 Å². The smallest absolute Gasteiger partial charge is 0.407 e. The number of carbonyl (C=O) groups is 1. The molecule has 0 radical (unpaired) electrons. The zero-order chi connectivity index (χ0) is 20.3. The number of hydrogen-bond donors (Lipinski definition) is 3. The Bertz CT molecular complexity index is 987. The van der Waals surface area contributed by atoms with Crippen molar-refractivity contribution >= 4 is 17.0 Å². The van der Waals surface area contributed by atoms with Crippen molar-refractivity contribution in [1.29, 1.82) is 0 Å². The Hall–Kier alpha value is -3.00. The number of hydrogen-bond acceptors (Lipinski definition) is 3. The van der Waals surface area contributed by atoms with Gasteiger partial charge in [-0.05, 0) is 48.4 Å². The van der Waals surface area contributed by atoms with Crippen molar-refractivity contribution in [3.8, 4) is 11.3 Å². The number of aromatic amines is 1. The zero-order valence-corrected chi connectivity index (χ0v) is 15.1. The molecule has 0 spiro atoms. The van der Waals surface area contributed by atoms with E-state index in [9.17, 15) is 18.0 Å². The number of ether oxygens (including phenoxy) is 1. The Balaban J connectivity index is 1.91. The van der Waals surface area contributed by atoms with Crippen molar-refractivity contribution in [2.45, 2.75) is 19.4 Å². The van der Waals surface area contributed by atoms with E-state index in [4.69, 9.17) is 9.84 Å². The molecule has 0 saturated carbocycles. The number of aromatic nitrogens is 1. The molecular formula is C20H19F3N2O3. The normalized spacial score (nSPS) is 12.2. The molecule has 0 fully saturated rings. The first kappa shape index (κ1) is 19.8. The molecular weight excluding hydrogens is 373 g/mol. The average Bonchev–Trinajstić information content (AvgIpc) is 3.01. The Morgan fingerprint density at radius 1 is 1.18 bits per heavy atom. The van der Waals surface area contributed by atoms with Gasteiger partial charge in [0.05, 0.1) is 24.8 Å². The number of amides is 1. The topological polar surface area (TPSA) is 74.3 Å². The molecule has 0 unspecified atom stereocenters. The number of nitrogens with one attached hydrogen (secondary N) is 2. The number of halogens is 3. The van der Waals surface area contributed by atoms with Gasteiger partial charge in [0, 0.05) is 23.6 Å². The zero-order valence-electron chi connectivity index (χ0n) is 15.1. The molecule has 1 aromatic heterocycles. The second kappa shape index (κ2) is 8.35. The number of alkyl carbamates (subject to hydrolysis) is 1. The number of fused-ring (bicyclic) bond motifs is 1. The van der Waals surface area contributed by atoms with Crippen LogP contribution in [0.1, 0.15) is 12.5 Å². The van der Waals surface area contributed by atoms with Gasteiger partial charge >= 0.3 is 6.09 Å². The lowest BCUT2D eigenvalue weighted by Crippen LogP contribution is -2.35. The van der Waals surface area contributed by atoms with Crippen molar-refractivity contribution < 1.29 is 27.8 Å². The molecule has 0 saturated heterocycles. The lowest BCUT2D eigenvalue weighted by Gasteiger charge is -2.11. The minimum atomic E-state index is -0.750. The molecule has 2 aromatic carbocycles. The third-order valence-electron chi connectivity index (χ3n) is 4.29. The van der Waals surface area contributed by atoms with Crippen LogP contribution in [0.2, 0.25) is 0 Å². The largest absolute Gasteiger partial charge is 0.449 e. The van der Waals surface area contributed by atoms with E-state index in [1.165, 1.54) is 30.3 Å². The Labute approximate surface area is 159 Å². The lowest BCUT2D eigenvalue weighted by atomic mass is 10.0. The first-order chi connectivity index (χ1) is 13.4. The summed E-state index contributed by atoms with van der Waals surface area (Å²) in [4.78, 5) is 14.6. The van der Waals surface area contributed by atoms with Gasteiger partial charge in [-0.3, -0.25) is 0 Å². The first-order valence-electron chi connectivity index (χ1n) is 8.68. The van der Waals surface area contributed by atoms with Crippen LogP contribution in [0.4, 0.5) is 18.0 Å². The van der Waals surface area contributed by atoms with E-state index in [1.807, 2.05) is 0 Å². The van der Waals surface area contributed by atoms with Crippen LogP contribution in [-0.4, -0.2) is 35.4 Å². The highest BCUT2D eigenvalue weighted by atomic mass is 19.1. The Kier molecular flexibility index (Phi) is 5.89. The number of rotatable bonds is 6. The third kappa shape index (κ3) is 4.28. The molecule has 0 aliphatic heterocycles. The van der Waals surface area contributed by atoms with E-state index in [-0.39, 0.29) is 25.2 Å². The summed E-state index contributed by atoms with van der Waals surface area (Å²) < 4.78 is 46.3. The third-order valence-corrected chi connectivity index (χ3v) is 4.29. The maximum atomic E-state index is 14.2. The van der Waals surface area contributed by atoms with Crippen LogP contribution in [0.3, 0.4) is 0 Å². The summed E-state index contributed by atoms with van der Waals surface area (Å²) in [5.74, 6) is -1.90. The summed E-state index contributed by atoms with van der Waals surface area (Å²) in [6, 6.07) is 7.09. The molecule has 28 heavy (non-hydrogen) atoms. The van der Waals surface area contributed by atoms with Crippen molar-refractivity contribution in [2.75, 3.05) is 13.2 Å². The SMILES string of the molecule is C[C@@H](CO)NC(=O)OCCc1c(-c2ccc(F)cc2)[nH]c2c(F)cc(F)cc12. The van der Waals surface area contributed by atoms with E-state index in [0.29, 0.717) is 22.2 Å². The highest BCUT2D eigenvalue weighted by Crippen LogP contribution is 2.32. The van der Waals surface area contributed by atoms with Crippen LogP contribution < -0.4 is 5.32 Å². The number of H-pyrrole nitrogens is 1. The molecule has 8 heteroatoms. The molecule has 3 rings (SSSR count). The predicted molar refractivity (Wildman–Crippen MR) is 98.3 cm³/mol. The van der Waals surface area contributed by atoms with E-state index in [0.717, 1.165) is 6.07 Å². The van der Waals surface area contributed by atoms with E-state index >= 15 is 0 Å². The van der Waals surface area contributed by atoms with Crippen LogP contribution in [0.15, 0.2) is 36.4 Å². The summed E-state index contributed by atoms with van der Waals surface area (Å²) in [7, 11) is 0. The molecule has 1 atom stereocenters. The molecule has 0 bridgehead atoms. The Morgan fingerprint density at radius 3 is 2.57 bits per heavy atom. The quantitative estimate of drug-likeness (QED) is 0.596. The minimum absolute atomic E-state index is 0.0523. The number of carbonyl (C=O) groups excluding carboxylic acids is 1. The van der Waals surface area contributed by atoms with Crippen LogP contribution in [0, 0.1) is 17.5 Å². The van der Waals surface area contributed by atoms with Gasteiger partial charge in [-0.25, -0.2) is 18.0 Å². The van der Waals surface area contributed by atoms with Gasteiger partial charge < -0.3 is 20.1 Å².